The minimum atomic E-state index is -0.321. The van der Waals surface area contributed by atoms with Gasteiger partial charge in [-0.3, -0.25) is 9.63 Å². The summed E-state index contributed by atoms with van der Waals surface area (Å²) in [5.74, 6) is -0.0256. The average Bonchev–Trinajstić information content (AvgIpc) is 2.24. The van der Waals surface area contributed by atoms with Gasteiger partial charge in [0, 0.05) is 12.5 Å². The molecule has 1 saturated heterocycles. The Morgan fingerprint density at radius 2 is 2.19 bits per heavy atom. The number of hydrogen-bond donors (Lipinski definition) is 2. The molecular formula is C12H24N2O2. The van der Waals surface area contributed by atoms with E-state index in [-0.39, 0.29) is 11.5 Å². The van der Waals surface area contributed by atoms with Crippen molar-refractivity contribution in [1.82, 2.24) is 10.8 Å². The Kier molecular flexibility index (Phi) is 5.22. The van der Waals surface area contributed by atoms with Crippen LogP contribution in [0.1, 0.15) is 52.9 Å². The minimum Gasteiger partial charge on any atom is -0.314 e. The Bertz CT molecular complexity index is 218. The van der Waals surface area contributed by atoms with Crippen molar-refractivity contribution in [3.8, 4) is 0 Å². The zero-order valence-electron chi connectivity index (χ0n) is 10.6. The van der Waals surface area contributed by atoms with Crippen LogP contribution in [0.4, 0.5) is 0 Å². The summed E-state index contributed by atoms with van der Waals surface area (Å²) in [5, 5.41) is 3.43. The van der Waals surface area contributed by atoms with Gasteiger partial charge < -0.3 is 5.32 Å². The Morgan fingerprint density at radius 3 is 2.75 bits per heavy atom. The molecule has 0 bridgehead atoms. The summed E-state index contributed by atoms with van der Waals surface area (Å²) in [6, 6.07) is 0.508. The van der Waals surface area contributed by atoms with E-state index in [9.17, 15) is 4.79 Å². The zero-order chi connectivity index (χ0) is 12.0. The maximum absolute atomic E-state index is 11.5. The molecule has 0 saturated carbocycles. The molecule has 16 heavy (non-hydrogen) atoms. The first-order valence-corrected chi connectivity index (χ1v) is 6.17. The second-order valence-corrected chi connectivity index (χ2v) is 5.43. The van der Waals surface area contributed by atoms with Gasteiger partial charge in [0.15, 0.2) is 0 Å². The molecule has 1 aliphatic heterocycles. The Labute approximate surface area is 98.1 Å². The standard InChI is InChI=1S/C12H24N2O2/c1-12(2,3)16-14-11(15)8-7-10-6-4-5-9-13-10/h10,13H,4-9H2,1-3H3,(H,14,15). The highest BCUT2D eigenvalue weighted by Gasteiger charge is 2.16. The molecule has 1 unspecified atom stereocenters. The molecule has 1 atom stereocenters. The van der Waals surface area contributed by atoms with Crippen LogP contribution in [-0.2, 0) is 9.63 Å². The highest BCUT2D eigenvalue weighted by molar-refractivity contribution is 5.74. The van der Waals surface area contributed by atoms with Crippen LogP contribution in [0.3, 0.4) is 0 Å². The van der Waals surface area contributed by atoms with Gasteiger partial charge in [0.2, 0.25) is 5.91 Å². The fourth-order valence-electron chi connectivity index (χ4n) is 1.74. The third-order valence-corrected chi connectivity index (χ3v) is 2.60. The van der Waals surface area contributed by atoms with E-state index >= 15 is 0 Å². The molecule has 0 aromatic carbocycles. The smallest absolute Gasteiger partial charge is 0.243 e. The topological polar surface area (TPSA) is 50.4 Å². The van der Waals surface area contributed by atoms with Gasteiger partial charge in [-0.1, -0.05) is 6.42 Å². The Morgan fingerprint density at radius 1 is 1.44 bits per heavy atom. The summed E-state index contributed by atoms with van der Waals surface area (Å²) < 4.78 is 0. The second-order valence-electron chi connectivity index (χ2n) is 5.43. The molecule has 1 heterocycles. The van der Waals surface area contributed by atoms with Gasteiger partial charge in [-0.15, -0.1) is 0 Å². The van der Waals surface area contributed by atoms with Crippen LogP contribution in [0.2, 0.25) is 0 Å². The Balaban J connectivity index is 2.09. The highest BCUT2D eigenvalue weighted by Crippen LogP contribution is 2.11. The van der Waals surface area contributed by atoms with Crippen molar-refractivity contribution < 1.29 is 9.63 Å². The van der Waals surface area contributed by atoms with Gasteiger partial charge in [-0.25, -0.2) is 5.48 Å². The number of carbonyl (C=O) groups is 1. The summed E-state index contributed by atoms with van der Waals surface area (Å²) in [6.45, 7) is 6.83. The van der Waals surface area contributed by atoms with Gasteiger partial charge in [-0.05, 0) is 46.6 Å². The Hall–Kier alpha value is -0.610. The predicted octanol–water partition coefficient (Wildman–Crippen LogP) is 1.75. The number of amides is 1. The lowest BCUT2D eigenvalue weighted by molar-refractivity contribution is -0.145. The third-order valence-electron chi connectivity index (χ3n) is 2.60. The third kappa shape index (κ3) is 6.08. The molecule has 1 fully saturated rings. The predicted molar refractivity (Wildman–Crippen MR) is 63.9 cm³/mol. The lowest BCUT2D eigenvalue weighted by Crippen LogP contribution is -2.37. The van der Waals surface area contributed by atoms with Gasteiger partial charge >= 0.3 is 0 Å². The summed E-state index contributed by atoms with van der Waals surface area (Å²) in [6.07, 6.45) is 5.16. The van der Waals surface area contributed by atoms with Crippen LogP contribution >= 0.6 is 0 Å². The first-order valence-electron chi connectivity index (χ1n) is 6.17. The second kappa shape index (κ2) is 6.21. The molecule has 2 N–H and O–H groups in total. The molecule has 0 aromatic heterocycles. The van der Waals surface area contributed by atoms with Crippen molar-refractivity contribution >= 4 is 5.91 Å². The molecule has 94 valence electrons. The maximum Gasteiger partial charge on any atom is 0.243 e. The summed E-state index contributed by atoms with van der Waals surface area (Å²) >= 11 is 0. The van der Waals surface area contributed by atoms with E-state index in [1.54, 1.807) is 0 Å². The highest BCUT2D eigenvalue weighted by atomic mass is 16.7. The van der Waals surface area contributed by atoms with Crippen molar-refractivity contribution in [3.05, 3.63) is 0 Å². The van der Waals surface area contributed by atoms with Crippen molar-refractivity contribution in [2.45, 2.75) is 64.5 Å². The monoisotopic (exact) mass is 228 g/mol. The van der Waals surface area contributed by atoms with Crippen LogP contribution in [0.15, 0.2) is 0 Å². The van der Waals surface area contributed by atoms with E-state index in [0.29, 0.717) is 12.5 Å². The van der Waals surface area contributed by atoms with Gasteiger partial charge in [0.1, 0.15) is 0 Å². The fourth-order valence-corrected chi connectivity index (χ4v) is 1.74. The fraction of sp³-hybridized carbons (Fsp3) is 0.917. The number of carbonyl (C=O) groups excluding carboxylic acids is 1. The van der Waals surface area contributed by atoms with Crippen LogP contribution in [-0.4, -0.2) is 24.1 Å². The molecule has 1 rings (SSSR count). The molecule has 0 aliphatic carbocycles. The lowest BCUT2D eigenvalue weighted by Gasteiger charge is -2.23. The van der Waals surface area contributed by atoms with E-state index in [1.165, 1.54) is 19.3 Å². The van der Waals surface area contributed by atoms with Crippen molar-refractivity contribution in [2.24, 2.45) is 0 Å². The normalized spacial score (nSPS) is 21.8. The van der Waals surface area contributed by atoms with Crippen LogP contribution < -0.4 is 10.8 Å². The first kappa shape index (κ1) is 13.5. The molecule has 1 amide bonds. The maximum atomic E-state index is 11.5. The molecule has 0 aromatic rings. The minimum absolute atomic E-state index is 0.0256. The number of rotatable bonds is 4. The van der Waals surface area contributed by atoms with Crippen molar-refractivity contribution in [3.63, 3.8) is 0 Å². The van der Waals surface area contributed by atoms with Crippen molar-refractivity contribution in [1.29, 1.82) is 0 Å². The summed E-state index contributed by atoms with van der Waals surface area (Å²) in [7, 11) is 0. The number of nitrogens with one attached hydrogen (secondary N) is 2. The molecule has 0 spiro atoms. The molecule has 1 aliphatic rings. The lowest BCUT2D eigenvalue weighted by atomic mass is 10.0. The molecule has 0 radical (unpaired) electrons. The van der Waals surface area contributed by atoms with Gasteiger partial charge in [0.25, 0.3) is 0 Å². The van der Waals surface area contributed by atoms with E-state index in [0.717, 1.165) is 13.0 Å². The van der Waals surface area contributed by atoms with E-state index < -0.39 is 0 Å². The van der Waals surface area contributed by atoms with Gasteiger partial charge in [-0.2, -0.15) is 0 Å². The largest absolute Gasteiger partial charge is 0.314 e. The molecule has 4 heteroatoms. The van der Waals surface area contributed by atoms with Crippen molar-refractivity contribution in [2.75, 3.05) is 6.54 Å². The zero-order valence-corrected chi connectivity index (χ0v) is 10.6. The summed E-state index contributed by atoms with van der Waals surface area (Å²) in [5.41, 5.74) is 2.17. The van der Waals surface area contributed by atoms with Gasteiger partial charge in [0.05, 0.1) is 5.60 Å². The number of hydroxylamine groups is 1. The number of hydrogen-bond acceptors (Lipinski definition) is 3. The molecule has 4 nitrogen and oxygen atoms in total. The van der Waals surface area contributed by atoms with Crippen LogP contribution in [0, 0.1) is 0 Å². The van der Waals surface area contributed by atoms with E-state index in [2.05, 4.69) is 10.8 Å². The van der Waals surface area contributed by atoms with Crippen LogP contribution in [0.25, 0.3) is 0 Å². The quantitative estimate of drug-likeness (QED) is 0.721. The van der Waals surface area contributed by atoms with E-state index in [4.69, 9.17) is 4.84 Å². The van der Waals surface area contributed by atoms with Crippen LogP contribution in [0.5, 0.6) is 0 Å². The first-order chi connectivity index (χ1) is 7.47. The molecular weight excluding hydrogens is 204 g/mol. The average molecular weight is 228 g/mol. The van der Waals surface area contributed by atoms with E-state index in [1.807, 2.05) is 20.8 Å². The SMILES string of the molecule is CC(C)(C)ONC(=O)CCC1CCCCN1. The number of piperidine rings is 1. The summed E-state index contributed by atoms with van der Waals surface area (Å²) in [4.78, 5) is 16.7.